The maximum atomic E-state index is 13.3. The van der Waals surface area contributed by atoms with E-state index < -0.39 is 0 Å². The second-order valence-corrected chi connectivity index (χ2v) is 5.34. The highest BCUT2D eigenvalue weighted by Gasteiger charge is 2.15. The lowest BCUT2D eigenvalue weighted by Gasteiger charge is -2.16. The van der Waals surface area contributed by atoms with Gasteiger partial charge in [-0.2, -0.15) is 0 Å². The SMILES string of the molecule is CCNC(Cc1cc(F)ccc1Br)c1csnn1. The molecule has 0 radical (unpaired) electrons. The monoisotopic (exact) mass is 329 g/mol. The molecule has 18 heavy (non-hydrogen) atoms. The highest BCUT2D eigenvalue weighted by molar-refractivity contribution is 9.10. The summed E-state index contributed by atoms with van der Waals surface area (Å²) in [4.78, 5) is 0. The molecule has 0 fully saturated rings. The Balaban J connectivity index is 2.21. The van der Waals surface area contributed by atoms with E-state index in [1.54, 1.807) is 12.1 Å². The van der Waals surface area contributed by atoms with Crippen LogP contribution in [-0.2, 0) is 6.42 Å². The number of aromatic nitrogens is 2. The fourth-order valence-corrected chi connectivity index (χ4v) is 2.69. The number of hydrogen-bond acceptors (Lipinski definition) is 4. The van der Waals surface area contributed by atoms with Crippen LogP contribution in [0.4, 0.5) is 4.39 Å². The van der Waals surface area contributed by atoms with Gasteiger partial charge in [0.05, 0.1) is 11.7 Å². The van der Waals surface area contributed by atoms with Crippen molar-refractivity contribution in [1.82, 2.24) is 14.9 Å². The predicted octanol–water partition coefficient (Wildman–Crippen LogP) is 3.33. The van der Waals surface area contributed by atoms with Crippen molar-refractivity contribution in [3.05, 3.63) is 45.1 Å². The Bertz CT molecular complexity index is 504. The Kier molecular flexibility index (Phi) is 4.79. The fourth-order valence-electron chi connectivity index (χ4n) is 1.77. The van der Waals surface area contributed by atoms with E-state index in [0.717, 1.165) is 22.3 Å². The molecule has 1 heterocycles. The van der Waals surface area contributed by atoms with Crippen LogP contribution in [0.2, 0.25) is 0 Å². The van der Waals surface area contributed by atoms with Gasteiger partial charge in [0.15, 0.2) is 0 Å². The third kappa shape index (κ3) is 3.34. The minimum Gasteiger partial charge on any atom is -0.309 e. The molecule has 0 aliphatic carbocycles. The first-order valence-corrected chi connectivity index (χ1v) is 7.28. The smallest absolute Gasteiger partial charge is 0.123 e. The van der Waals surface area contributed by atoms with Gasteiger partial charge in [0.25, 0.3) is 0 Å². The quantitative estimate of drug-likeness (QED) is 0.914. The van der Waals surface area contributed by atoms with Crippen molar-refractivity contribution >= 4 is 27.5 Å². The minimum atomic E-state index is -0.222. The molecule has 1 aromatic heterocycles. The van der Waals surface area contributed by atoms with Gasteiger partial charge in [-0.15, -0.1) is 5.10 Å². The fraction of sp³-hybridized carbons (Fsp3) is 0.333. The first-order valence-electron chi connectivity index (χ1n) is 5.65. The van der Waals surface area contributed by atoms with Gasteiger partial charge in [-0.1, -0.05) is 27.3 Å². The van der Waals surface area contributed by atoms with Crippen LogP contribution in [0.25, 0.3) is 0 Å². The molecule has 6 heteroatoms. The topological polar surface area (TPSA) is 37.8 Å². The van der Waals surface area contributed by atoms with Crippen molar-refractivity contribution in [2.75, 3.05) is 6.54 Å². The number of nitrogens with zero attached hydrogens (tertiary/aromatic N) is 2. The molecule has 2 rings (SSSR count). The van der Waals surface area contributed by atoms with Gasteiger partial charge >= 0.3 is 0 Å². The molecule has 3 nitrogen and oxygen atoms in total. The van der Waals surface area contributed by atoms with E-state index in [9.17, 15) is 4.39 Å². The third-order valence-electron chi connectivity index (χ3n) is 2.62. The average molecular weight is 330 g/mol. The average Bonchev–Trinajstić information content (AvgIpc) is 2.87. The standard InChI is InChI=1S/C12H13BrFN3S/c1-2-15-11(12-7-18-17-16-12)6-8-5-9(14)3-4-10(8)13/h3-5,7,11,15H,2,6H2,1H3. The summed E-state index contributed by atoms with van der Waals surface area (Å²) in [5, 5.41) is 9.34. The second kappa shape index (κ2) is 6.36. The summed E-state index contributed by atoms with van der Waals surface area (Å²) >= 11 is 4.77. The van der Waals surface area contributed by atoms with E-state index in [1.807, 2.05) is 12.3 Å². The molecule has 1 aromatic carbocycles. The largest absolute Gasteiger partial charge is 0.309 e. The number of benzene rings is 1. The van der Waals surface area contributed by atoms with Crippen LogP contribution in [-0.4, -0.2) is 16.1 Å². The van der Waals surface area contributed by atoms with Crippen molar-refractivity contribution in [2.24, 2.45) is 0 Å². The Morgan fingerprint density at radius 2 is 2.33 bits per heavy atom. The highest BCUT2D eigenvalue weighted by atomic mass is 79.9. The Morgan fingerprint density at radius 1 is 1.50 bits per heavy atom. The number of nitrogens with one attached hydrogen (secondary N) is 1. The Morgan fingerprint density at radius 3 is 3.00 bits per heavy atom. The number of rotatable bonds is 5. The van der Waals surface area contributed by atoms with Gasteiger partial charge in [0, 0.05) is 9.85 Å². The molecule has 1 atom stereocenters. The van der Waals surface area contributed by atoms with Crippen LogP contribution in [0.3, 0.4) is 0 Å². The molecule has 0 saturated heterocycles. The summed E-state index contributed by atoms with van der Waals surface area (Å²) in [7, 11) is 0. The van der Waals surface area contributed by atoms with Crippen LogP contribution in [0.15, 0.2) is 28.1 Å². The summed E-state index contributed by atoms with van der Waals surface area (Å²) in [5.41, 5.74) is 1.83. The summed E-state index contributed by atoms with van der Waals surface area (Å²) in [6.07, 6.45) is 0.678. The molecule has 0 aliphatic heterocycles. The van der Waals surface area contributed by atoms with Crippen molar-refractivity contribution in [2.45, 2.75) is 19.4 Å². The van der Waals surface area contributed by atoms with Gasteiger partial charge in [-0.3, -0.25) is 0 Å². The first-order chi connectivity index (χ1) is 8.70. The Hall–Kier alpha value is -0.850. The summed E-state index contributed by atoms with van der Waals surface area (Å²) in [6, 6.07) is 4.79. The van der Waals surface area contributed by atoms with E-state index in [-0.39, 0.29) is 11.9 Å². The van der Waals surface area contributed by atoms with Crippen molar-refractivity contribution in [1.29, 1.82) is 0 Å². The van der Waals surface area contributed by atoms with Gasteiger partial charge in [-0.05, 0) is 48.3 Å². The van der Waals surface area contributed by atoms with E-state index in [1.165, 1.54) is 17.6 Å². The van der Waals surface area contributed by atoms with Gasteiger partial charge in [0.2, 0.25) is 0 Å². The minimum absolute atomic E-state index is 0.0619. The predicted molar refractivity (Wildman–Crippen MR) is 74.1 cm³/mol. The second-order valence-electron chi connectivity index (χ2n) is 3.88. The van der Waals surface area contributed by atoms with Crippen molar-refractivity contribution in [3.8, 4) is 0 Å². The number of hydrogen-bond donors (Lipinski definition) is 1. The molecular formula is C12H13BrFN3S. The zero-order valence-corrected chi connectivity index (χ0v) is 12.3. The molecule has 0 bridgehead atoms. The molecule has 2 aromatic rings. The number of likely N-dealkylation sites (N-methyl/N-ethyl adjacent to an activating group) is 1. The van der Waals surface area contributed by atoms with Gasteiger partial charge in [0.1, 0.15) is 5.82 Å². The first kappa shape index (κ1) is 13.6. The van der Waals surface area contributed by atoms with Crippen molar-refractivity contribution in [3.63, 3.8) is 0 Å². The molecule has 1 N–H and O–H groups in total. The van der Waals surface area contributed by atoms with Gasteiger partial charge < -0.3 is 5.32 Å². The van der Waals surface area contributed by atoms with Crippen LogP contribution in [0.5, 0.6) is 0 Å². The number of halogens is 2. The van der Waals surface area contributed by atoms with Gasteiger partial charge in [-0.25, -0.2) is 4.39 Å². The van der Waals surface area contributed by atoms with E-state index >= 15 is 0 Å². The molecule has 0 saturated carbocycles. The van der Waals surface area contributed by atoms with E-state index in [4.69, 9.17) is 0 Å². The third-order valence-corrected chi connectivity index (χ3v) is 3.91. The van der Waals surface area contributed by atoms with E-state index in [0.29, 0.717) is 6.42 Å². The molecule has 96 valence electrons. The zero-order valence-electron chi connectivity index (χ0n) is 9.86. The van der Waals surface area contributed by atoms with Crippen molar-refractivity contribution < 1.29 is 4.39 Å². The highest BCUT2D eigenvalue weighted by Crippen LogP contribution is 2.24. The summed E-state index contributed by atoms with van der Waals surface area (Å²) < 4.78 is 18.0. The van der Waals surface area contributed by atoms with Crippen LogP contribution >= 0.6 is 27.5 Å². The van der Waals surface area contributed by atoms with Crippen LogP contribution in [0, 0.1) is 5.82 Å². The summed E-state index contributed by atoms with van der Waals surface area (Å²) in [6.45, 7) is 2.86. The molecule has 0 amide bonds. The molecule has 0 spiro atoms. The van der Waals surface area contributed by atoms with Crippen LogP contribution < -0.4 is 5.32 Å². The molecule has 1 unspecified atom stereocenters. The lowest BCUT2D eigenvalue weighted by molar-refractivity contribution is 0.532. The van der Waals surface area contributed by atoms with E-state index in [2.05, 4.69) is 30.8 Å². The molecular weight excluding hydrogens is 317 g/mol. The lowest BCUT2D eigenvalue weighted by Crippen LogP contribution is -2.23. The maximum Gasteiger partial charge on any atom is 0.123 e. The maximum absolute atomic E-state index is 13.3. The Labute approximate surface area is 118 Å². The molecule has 0 aliphatic rings. The van der Waals surface area contributed by atoms with Crippen LogP contribution in [0.1, 0.15) is 24.2 Å². The summed E-state index contributed by atoms with van der Waals surface area (Å²) in [5.74, 6) is -0.222. The zero-order chi connectivity index (χ0) is 13.0. The lowest BCUT2D eigenvalue weighted by atomic mass is 10.0. The normalized spacial score (nSPS) is 12.6.